The van der Waals surface area contributed by atoms with E-state index in [0.29, 0.717) is 5.95 Å². The molecule has 0 saturated heterocycles. The van der Waals surface area contributed by atoms with Crippen molar-refractivity contribution in [3.05, 3.63) is 54.6 Å². The first-order valence-electron chi connectivity index (χ1n) is 7.21. The minimum atomic E-state index is -0.380. The van der Waals surface area contributed by atoms with Gasteiger partial charge >= 0.3 is 0 Å². The first kappa shape index (κ1) is 14.1. The van der Waals surface area contributed by atoms with Crippen molar-refractivity contribution in [1.82, 2.24) is 9.55 Å². The Kier molecular flexibility index (Phi) is 3.78. The normalized spacial score (nSPS) is 12.1. The smallest absolute Gasteiger partial charge is 0.247 e. The second-order valence-electron chi connectivity index (χ2n) is 5.08. The van der Waals surface area contributed by atoms with E-state index in [0.717, 1.165) is 16.7 Å². The van der Waals surface area contributed by atoms with Gasteiger partial charge in [-0.25, -0.2) is 4.98 Å². The summed E-state index contributed by atoms with van der Waals surface area (Å²) >= 11 is 0. The number of rotatable bonds is 4. The second-order valence-corrected chi connectivity index (χ2v) is 5.08. The number of carbonyl (C=O) groups excluding carboxylic acids is 1. The van der Waals surface area contributed by atoms with Crippen LogP contribution in [0.3, 0.4) is 0 Å². The van der Waals surface area contributed by atoms with Crippen LogP contribution in [0, 0.1) is 0 Å². The monoisotopic (exact) mass is 294 g/mol. The van der Waals surface area contributed by atoms with E-state index in [2.05, 4.69) is 15.6 Å². The molecule has 1 unspecified atom stereocenters. The lowest BCUT2D eigenvalue weighted by molar-refractivity contribution is -0.118. The van der Waals surface area contributed by atoms with Gasteiger partial charge in [0.25, 0.3) is 0 Å². The molecule has 1 atom stereocenters. The van der Waals surface area contributed by atoms with Crippen molar-refractivity contribution in [3.63, 3.8) is 0 Å². The van der Waals surface area contributed by atoms with E-state index >= 15 is 0 Å². The first-order valence-corrected chi connectivity index (χ1v) is 7.21. The fourth-order valence-electron chi connectivity index (χ4n) is 2.50. The molecule has 5 nitrogen and oxygen atoms in total. The van der Waals surface area contributed by atoms with Crippen LogP contribution in [0.15, 0.2) is 54.6 Å². The highest BCUT2D eigenvalue weighted by Crippen LogP contribution is 2.25. The van der Waals surface area contributed by atoms with Gasteiger partial charge in [0, 0.05) is 12.7 Å². The Balaban J connectivity index is 1.94. The molecule has 0 aliphatic rings. The van der Waals surface area contributed by atoms with Crippen LogP contribution in [0.5, 0.6) is 0 Å². The highest BCUT2D eigenvalue weighted by Gasteiger charge is 2.21. The first-order chi connectivity index (χ1) is 10.7. The summed E-state index contributed by atoms with van der Waals surface area (Å²) in [6, 6.07) is 16.9. The Morgan fingerprint density at radius 1 is 1.09 bits per heavy atom. The number of benzene rings is 2. The second kappa shape index (κ2) is 5.89. The van der Waals surface area contributed by atoms with Crippen LogP contribution >= 0.6 is 0 Å². The van der Waals surface area contributed by atoms with Gasteiger partial charge in [0.05, 0.1) is 11.0 Å². The number of hydrogen-bond acceptors (Lipinski definition) is 3. The van der Waals surface area contributed by atoms with Crippen LogP contribution in [-0.2, 0) is 4.79 Å². The maximum atomic E-state index is 12.5. The number of anilines is 2. The average molecular weight is 294 g/mol. The van der Waals surface area contributed by atoms with Gasteiger partial charge in [-0.3, -0.25) is 9.36 Å². The molecule has 0 radical (unpaired) electrons. The van der Waals surface area contributed by atoms with Crippen molar-refractivity contribution in [2.45, 2.75) is 13.0 Å². The average Bonchev–Trinajstić information content (AvgIpc) is 2.93. The summed E-state index contributed by atoms with van der Waals surface area (Å²) in [4.78, 5) is 17.0. The Bertz CT molecular complexity index is 795. The van der Waals surface area contributed by atoms with Crippen LogP contribution in [-0.4, -0.2) is 22.5 Å². The number of carbonyl (C=O) groups is 1. The molecule has 1 amide bonds. The molecule has 112 valence electrons. The Morgan fingerprint density at radius 2 is 1.77 bits per heavy atom. The molecule has 0 aliphatic carbocycles. The van der Waals surface area contributed by atoms with Crippen molar-refractivity contribution in [2.24, 2.45) is 0 Å². The quantitative estimate of drug-likeness (QED) is 0.776. The van der Waals surface area contributed by atoms with Gasteiger partial charge in [-0.1, -0.05) is 30.3 Å². The summed E-state index contributed by atoms with van der Waals surface area (Å²) in [5.74, 6) is 0.600. The Morgan fingerprint density at radius 3 is 2.50 bits per heavy atom. The van der Waals surface area contributed by atoms with E-state index in [4.69, 9.17) is 0 Å². The van der Waals surface area contributed by atoms with Gasteiger partial charge in [0.1, 0.15) is 6.04 Å². The zero-order valence-electron chi connectivity index (χ0n) is 12.6. The summed E-state index contributed by atoms with van der Waals surface area (Å²) in [7, 11) is 1.81. The summed E-state index contributed by atoms with van der Waals surface area (Å²) in [6.45, 7) is 1.87. The van der Waals surface area contributed by atoms with E-state index in [9.17, 15) is 4.79 Å². The van der Waals surface area contributed by atoms with E-state index in [1.54, 1.807) is 7.05 Å². The Labute approximate surface area is 129 Å². The van der Waals surface area contributed by atoms with Crippen molar-refractivity contribution in [1.29, 1.82) is 0 Å². The van der Waals surface area contributed by atoms with Crippen LogP contribution in [0.2, 0.25) is 0 Å². The summed E-state index contributed by atoms with van der Waals surface area (Å²) in [5.41, 5.74) is 2.59. The number of imidazole rings is 1. The SMILES string of the molecule is CNc1nc2ccccc2n1C(C)C(=O)Nc1ccccc1. The topological polar surface area (TPSA) is 59.0 Å². The molecular formula is C17H18N4O. The van der Waals surface area contributed by atoms with Gasteiger partial charge in [-0.05, 0) is 31.2 Å². The minimum Gasteiger partial charge on any atom is -0.359 e. The molecule has 3 aromatic rings. The molecule has 1 aromatic heterocycles. The Hall–Kier alpha value is -2.82. The number of hydrogen-bond donors (Lipinski definition) is 2. The lowest BCUT2D eigenvalue weighted by Crippen LogP contribution is -2.24. The number of fused-ring (bicyclic) bond motifs is 1. The van der Waals surface area contributed by atoms with Gasteiger partial charge in [0.2, 0.25) is 11.9 Å². The lowest BCUT2D eigenvalue weighted by Gasteiger charge is -2.17. The molecule has 0 spiro atoms. The van der Waals surface area contributed by atoms with Gasteiger partial charge in [-0.2, -0.15) is 0 Å². The number of nitrogens with one attached hydrogen (secondary N) is 2. The molecule has 0 aliphatic heterocycles. The van der Waals surface area contributed by atoms with E-state index in [1.165, 1.54) is 0 Å². The molecular weight excluding hydrogens is 276 g/mol. The molecule has 22 heavy (non-hydrogen) atoms. The van der Waals surface area contributed by atoms with Crippen LogP contribution in [0.1, 0.15) is 13.0 Å². The van der Waals surface area contributed by atoms with E-state index < -0.39 is 0 Å². The van der Waals surface area contributed by atoms with Gasteiger partial charge < -0.3 is 10.6 Å². The summed E-state index contributed by atoms with van der Waals surface area (Å²) in [6.07, 6.45) is 0. The molecule has 2 aromatic carbocycles. The maximum Gasteiger partial charge on any atom is 0.247 e. The number of nitrogens with zero attached hydrogens (tertiary/aromatic N) is 2. The summed E-state index contributed by atoms with van der Waals surface area (Å²) < 4.78 is 1.91. The molecule has 0 saturated carbocycles. The fourth-order valence-corrected chi connectivity index (χ4v) is 2.50. The summed E-state index contributed by atoms with van der Waals surface area (Å²) in [5, 5.41) is 5.99. The largest absolute Gasteiger partial charge is 0.359 e. The highest BCUT2D eigenvalue weighted by atomic mass is 16.2. The standard InChI is InChI=1S/C17H18N4O/c1-12(16(22)19-13-8-4-3-5-9-13)21-15-11-7-6-10-14(15)20-17(21)18-2/h3-12H,1-2H3,(H,18,20)(H,19,22). The fraction of sp³-hybridized carbons (Fsp3) is 0.176. The molecule has 5 heteroatoms. The molecule has 1 heterocycles. The highest BCUT2D eigenvalue weighted by molar-refractivity contribution is 5.95. The molecule has 0 bridgehead atoms. The lowest BCUT2D eigenvalue weighted by atomic mass is 10.2. The minimum absolute atomic E-state index is 0.0779. The van der Waals surface area contributed by atoms with Crippen molar-refractivity contribution >= 4 is 28.6 Å². The predicted octanol–water partition coefficient (Wildman–Crippen LogP) is 3.28. The molecule has 3 rings (SSSR count). The van der Waals surface area contributed by atoms with Crippen LogP contribution < -0.4 is 10.6 Å². The van der Waals surface area contributed by atoms with Crippen molar-refractivity contribution in [2.75, 3.05) is 17.7 Å². The molecule has 0 fully saturated rings. The number of aromatic nitrogens is 2. The van der Waals surface area contributed by atoms with Crippen molar-refractivity contribution in [3.8, 4) is 0 Å². The number of amides is 1. The van der Waals surface area contributed by atoms with Gasteiger partial charge in [-0.15, -0.1) is 0 Å². The zero-order chi connectivity index (χ0) is 15.5. The predicted molar refractivity (Wildman–Crippen MR) is 89.1 cm³/mol. The van der Waals surface area contributed by atoms with E-state index in [1.807, 2.05) is 66.1 Å². The van der Waals surface area contributed by atoms with E-state index in [-0.39, 0.29) is 11.9 Å². The number of para-hydroxylation sites is 3. The van der Waals surface area contributed by atoms with Crippen molar-refractivity contribution < 1.29 is 4.79 Å². The van der Waals surface area contributed by atoms with Crippen LogP contribution in [0.25, 0.3) is 11.0 Å². The molecule has 2 N–H and O–H groups in total. The van der Waals surface area contributed by atoms with Crippen LogP contribution in [0.4, 0.5) is 11.6 Å². The van der Waals surface area contributed by atoms with Gasteiger partial charge in [0.15, 0.2) is 0 Å². The third-order valence-electron chi connectivity index (χ3n) is 3.63. The third-order valence-corrected chi connectivity index (χ3v) is 3.63. The third kappa shape index (κ3) is 2.53. The maximum absolute atomic E-state index is 12.5. The zero-order valence-corrected chi connectivity index (χ0v) is 12.6.